The average Bonchev–Trinajstić information content (AvgIpc) is 3.39. The molecule has 0 saturated carbocycles. The van der Waals surface area contributed by atoms with Crippen molar-refractivity contribution in [3.8, 4) is 5.75 Å². The fourth-order valence-electron chi connectivity index (χ4n) is 11.8. The van der Waals surface area contributed by atoms with E-state index in [2.05, 4.69) is 171 Å². The first kappa shape index (κ1) is 59.7. The molecule has 0 aromatic heterocycles. The molecule has 0 saturated heterocycles. The minimum absolute atomic E-state index is 0.887. The molecule has 0 spiro atoms. The Hall–Kier alpha value is -1.85. The minimum Gasteiger partial charge on any atom is -0.496 e. The molecular weight excluding hydrogens is 921 g/mol. The quantitative estimate of drug-likeness (QED) is 0.0330. The van der Waals surface area contributed by atoms with E-state index in [9.17, 15) is 0 Å². The second-order valence-electron chi connectivity index (χ2n) is 21.2. The van der Waals surface area contributed by atoms with Gasteiger partial charge in [0.1, 0.15) is 5.75 Å². The number of rotatable bonds is 37. The highest BCUT2D eigenvalue weighted by Gasteiger charge is 2.38. The molecule has 0 bridgehead atoms. The largest absolute Gasteiger partial charge is 0.496 e. The predicted molar refractivity (Wildman–Crippen MR) is 326 cm³/mol. The van der Waals surface area contributed by atoms with Crippen LogP contribution in [0.3, 0.4) is 0 Å². The zero-order chi connectivity index (χ0) is 50.0. The fourth-order valence-corrected chi connectivity index (χ4v) is 34.2. The lowest BCUT2D eigenvalue weighted by molar-refractivity contribution is 0.418. The first-order valence-corrected chi connectivity index (χ1v) is 39.4. The molecule has 0 heterocycles. The summed E-state index contributed by atoms with van der Waals surface area (Å²) in [6.07, 6.45) is 23.9. The topological polar surface area (TPSA) is 12.5 Å². The van der Waals surface area contributed by atoms with Crippen LogP contribution < -0.4 is 41.5 Å². The van der Waals surface area contributed by atoms with Crippen LogP contribution in [0.5, 0.6) is 5.75 Å². The molecule has 0 aliphatic rings. The molecule has 0 aliphatic carbocycles. The van der Waals surface area contributed by atoms with E-state index in [0.29, 0.717) is 0 Å². The van der Waals surface area contributed by atoms with Crippen LogP contribution in [0.1, 0.15) is 178 Å². The first-order valence-electron chi connectivity index (χ1n) is 28.9. The molecule has 0 amide bonds. The van der Waals surface area contributed by atoms with Crippen LogP contribution in [0, 0.1) is 0 Å². The standard InChI is InChI=1S/C62H103NOP2Si3/c1-12-21-46-67(47-22-13-2,48-23-14-3)58-40-34-55(35-41-58)65(56-36-42-59(43-37-56)68(49-24-15-4,50-25-16-5)51-26-17-6)63(10)66(62-33-31-30-32-61(62)64-11)57-38-44-60(45-39-57)69(52-27-18-7,53-28-19-8)54-29-20-9/h30-45H,12-29,46-54H2,1-11H3. The molecule has 0 fully saturated rings. The highest BCUT2D eigenvalue weighted by molar-refractivity contribution is 7.84. The van der Waals surface area contributed by atoms with Crippen molar-refractivity contribution in [2.75, 3.05) is 14.2 Å². The molecule has 0 N–H and O–H groups in total. The Morgan fingerprint density at radius 1 is 0.348 bits per heavy atom. The number of benzene rings is 4. The zero-order valence-electron chi connectivity index (χ0n) is 46.6. The Balaban J connectivity index is 2.00. The maximum Gasteiger partial charge on any atom is 0.128 e. The third-order valence-electron chi connectivity index (χ3n) is 16.1. The van der Waals surface area contributed by atoms with Gasteiger partial charge < -0.3 is 4.74 Å². The molecule has 4 aromatic rings. The van der Waals surface area contributed by atoms with Gasteiger partial charge in [0.2, 0.25) is 0 Å². The van der Waals surface area contributed by atoms with Crippen LogP contribution in [0.4, 0.5) is 0 Å². The monoisotopic (exact) mass is 1020 g/mol. The van der Waals surface area contributed by atoms with Gasteiger partial charge in [-0.15, -0.1) is 0 Å². The van der Waals surface area contributed by atoms with Crippen molar-refractivity contribution in [1.82, 2.24) is 4.44 Å². The average molecular weight is 1020 g/mol. The van der Waals surface area contributed by atoms with E-state index in [1.54, 1.807) is 15.6 Å². The summed E-state index contributed by atoms with van der Waals surface area (Å²) in [5.41, 5.74) is 0. The summed E-state index contributed by atoms with van der Waals surface area (Å²) in [4.78, 5) is 0. The van der Waals surface area contributed by atoms with Gasteiger partial charge in [0.15, 0.2) is 0 Å². The molecule has 384 valence electrons. The summed E-state index contributed by atoms with van der Waals surface area (Å²) < 4.78 is 9.16. The van der Waals surface area contributed by atoms with E-state index in [-0.39, 0.29) is 0 Å². The summed E-state index contributed by atoms with van der Waals surface area (Å²) in [5.74, 6) is 1.01. The highest BCUT2D eigenvalue weighted by Crippen LogP contribution is 2.54. The molecular formula is C62H103NOP2Si3. The van der Waals surface area contributed by atoms with E-state index in [0.717, 1.165) is 5.75 Å². The van der Waals surface area contributed by atoms with E-state index in [1.807, 2.05) is 7.11 Å². The van der Waals surface area contributed by atoms with Crippen molar-refractivity contribution in [2.45, 2.75) is 232 Å². The zero-order valence-corrected chi connectivity index (χ0v) is 51.4. The van der Waals surface area contributed by atoms with Crippen LogP contribution in [0.2, 0.25) is 54.4 Å². The summed E-state index contributed by atoms with van der Waals surface area (Å²) in [7, 11) is -2.45. The predicted octanol–water partition coefficient (Wildman–Crippen LogP) is 17.2. The lowest BCUT2D eigenvalue weighted by Crippen LogP contribution is -2.48. The minimum atomic E-state index is -1.66. The van der Waals surface area contributed by atoms with Gasteiger partial charge in [0, 0.05) is 21.4 Å². The molecule has 69 heavy (non-hydrogen) atoms. The second-order valence-corrected chi connectivity index (χ2v) is 39.9. The van der Waals surface area contributed by atoms with Crippen molar-refractivity contribution in [2.24, 2.45) is 0 Å². The van der Waals surface area contributed by atoms with Gasteiger partial charge in [-0.05, 0) is 35.1 Å². The highest BCUT2D eigenvalue weighted by atomic mass is 31.2. The molecule has 1 unspecified atom stereocenters. The van der Waals surface area contributed by atoms with Gasteiger partial charge in [-0.1, -0.05) is 333 Å². The Morgan fingerprint density at radius 2 is 0.594 bits per heavy atom. The normalized spacial score (nSPS) is 12.9. The van der Waals surface area contributed by atoms with Crippen LogP contribution in [0.15, 0.2) is 97.1 Å². The smallest absolute Gasteiger partial charge is 0.128 e. The Morgan fingerprint density at radius 3 is 0.841 bits per heavy atom. The lowest BCUT2D eigenvalue weighted by atomic mass is 10.3. The van der Waals surface area contributed by atoms with E-state index in [4.69, 9.17) is 4.74 Å². The Labute approximate surface area is 433 Å². The van der Waals surface area contributed by atoms with Crippen molar-refractivity contribution in [1.29, 1.82) is 0 Å². The third kappa shape index (κ3) is 16.6. The third-order valence-corrected chi connectivity index (χ3v) is 38.0. The van der Waals surface area contributed by atoms with Crippen LogP contribution in [-0.2, 0) is 0 Å². The van der Waals surface area contributed by atoms with Gasteiger partial charge in [-0.2, -0.15) is 0 Å². The fraction of sp³-hybridized carbons (Fsp3) is 0.613. The number of hydrogen-bond donors (Lipinski definition) is 0. The number of methoxy groups -OCH3 is 1. The Bertz CT molecular complexity index is 1810. The molecule has 4 aromatic carbocycles. The van der Waals surface area contributed by atoms with Gasteiger partial charge in [-0.3, -0.25) is 0 Å². The number of unbranched alkanes of at least 4 members (excludes halogenated alkanes) is 9. The van der Waals surface area contributed by atoms with E-state index < -0.39 is 40.4 Å². The maximum atomic E-state index is 6.31. The molecule has 4 rings (SSSR count). The lowest BCUT2D eigenvalue weighted by Gasteiger charge is -2.38. The van der Waals surface area contributed by atoms with Crippen LogP contribution in [-0.4, -0.2) is 42.8 Å². The van der Waals surface area contributed by atoms with Gasteiger partial charge >= 0.3 is 0 Å². The van der Waals surface area contributed by atoms with Crippen molar-refractivity contribution in [3.05, 3.63) is 97.1 Å². The van der Waals surface area contributed by atoms with Gasteiger partial charge in [-0.25, -0.2) is 4.44 Å². The second kappa shape index (κ2) is 32.4. The van der Waals surface area contributed by atoms with Crippen molar-refractivity contribution >= 4 is 77.1 Å². The number of hydrogen-bond acceptors (Lipinski definition) is 2. The SMILES string of the molecule is CCCC[Si](CCCC)(CCCC)c1ccc(P(c2ccc([Si](CCCC)(CCCC)CCCC)cc2)N(C)P(c2ccc([Si](CCCC)(CCCC)CCCC)cc2)c2ccccc2OC)cc1. The summed E-state index contributed by atoms with van der Waals surface area (Å²) in [6, 6.07) is 53.4. The van der Waals surface area contributed by atoms with Gasteiger partial charge in [0.05, 0.1) is 31.3 Å². The molecule has 2 nitrogen and oxygen atoms in total. The summed E-state index contributed by atoms with van der Waals surface area (Å²) >= 11 is 0. The Kier molecular flexibility index (Phi) is 28.0. The molecule has 1 atom stereocenters. The number of para-hydroxylation sites is 1. The van der Waals surface area contributed by atoms with E-state index >= 15 is 0 Å². The van der Waals surface area contributed by atoms with Crippen LogP contribution in [0.25, 0.3) is 0 Å². The molecule has 0 radical (unpaired) electrons. The number of nitrogens with zero attached hydrogens (tertiary/aromatic N) is 1. The van der Waals surface area contributed by atoms with Crippen molar-refractivity contribution in [3.63, 3.8) is 0 Å². The van der Waals surface area contributed by atoms with Crippen LogP contribution >= 0.6 is 16.1 Å². The van der Waals surface area contributed by atoms with E-state index in [1.165, 1.54) is 191 Å². The summed E-state index contributed by atoms with van der Waals surface area (Å²) in [6.45, 7) is 21.6. The molecule has 0 aliphatic heterocycles. The molecule has 7 heteroatoms. The summed E-state index contributed by atoms with van der Waals surface area (Å²) in [5, 5.41) is 10.9. The first-order chi connectivity index (χ1) is 33.7. The number of ether oxygens (including phenoxy) is 1. The van der Waals surface area contributed by atoms with Gasteiger partial charge in [0.25, 0.3) is 0 Å². The van der Waals surface area contributed by atoms with Crippen molar-refractivity contribution < 1.29 is 4.74 Å². The maximum absolute atomic E-state index is 6.31.